The van der Waals surface area contributed by atoms with E-state index in [4.69, 9.17) is 0 Å². The molecule has 0 bridgehead atoms. The van der Waals surface area contributed by atoms with Crippen molar-refractivity contribution in [1.29, 1.82) is 0 Å². The molecule has 0 N–H and O–H groups in total. The molecule has 19 heavy (non-hydrogen) atoms. The first kappa shape index (κ1) is 13.5. The van der Waals surface area contributed by atoms with Crippen molar-refractivity contribution in [2.75, 3.05) is 0 Å². The highest BCUT2D eigenvalue weighted by molar-refractivity contribution is 5.96. The predicted octanol–water partition coefficient (Wildman–Crippen LogP) is 3.85. The minimum atomic E-state index is 0.208. The molecule has 2 heteroatoms. The summed E-state index contributed by atoms with van der Waals surface area (Å²) < 4.78 is 0. The highest BCUT2D eigenvalue weighted by Crippen LogP contribution is 2.11. The lowest BCUT2D eigenvalue weighted by Crippen LogP contribution is -2.01. The van der Waals surface area contributed by atoms with Gasteiger partial charge in [0.2, 0.25) is 0 Å². The van der Waals surface area contributed by atoms with Gasteiger partial charge < -0.3 is 0 Å². The molecule has 0 aliphatic carbocycles. The van der Waals surface area contributed by atoms with Gasteiger partial charge in [0.05, 0.1) is 0 Å². The quantitative estimate of drug-likeness (QED) is 0.732. The van der Waals surface area contributed by atoms with Crippen molar-refractivity contribution in [3.63, 3.8) is 0 Å². The predicted molar refractivity (Wildman–Crippen MR) is 77.3 cm³/mol. The molecule has 0 radical (unpaired) electrons. The Morgan fingerprint density at radius 3 is 2.21 bits per heavy atom. The van der Waals surface area contributed by atoms with E-state index in [1.165, 1.54) is 5.56 Å². The lowest BCUT2D eigenvalue weighted by Gasteiger charge is -2.03. The topological polar surface area (TPSA) is 30.0 Å². The highest BCUT2D eigenvalue weighted by atomic mass is 16.1. The van der Waals surface area contributed by atoms with Crippen LogP contribution in [0.1, 0.15) is 41.3 Å². The Bertz CT molecular complexity index is 517. The molecule has 0 aliphatic rings. The number of pyridine rings is 1. The van der Waals surface area contributed by atoms with Gasteiger partial charge in [-0.3, -0.25) is 9.78 Å². The second kappa shape index (κ2) is 6.83. The first-order valence-electron chi connectivity index (χ1n) is 6.80. The maximum atomic E-state index is 12.1. The first-order chi connectivity index (χ1) is 9.29. The number of benzene rings is 1. The van der Waals surface area contributed by atoms with Crippen LogP contribution in [0.3, 0.4) is 0 Å². The third-order valence-electron chi connectivity index (χ3n) is 3.20. The molecule has 1 aromatic heterocycles. The van der Waals surface area contributed by atoms with Crippen LogP contribution in [0.2, 0.25) is 0 Å². The van der Waals surface area contributed by atoms with Crippen LogP contribution in [-0.4, -0.2) is 10.8 Å². The maximum absolute atomic E-state index is 12.1. The van der Waals surface area contributed by atoms with Crippen LogP contribution in [0.4, 0.5) is 0 Å². The molecule has 0 atom stereocenters. The van der Waals surface area contributed by atoms with E-state index in [0.29, 0.717) is 6.42 Å². The fourth-order valence-corrected chi connectivity index (χ4v) is 2.10. The largest absolute Gasteiger partial charge is 0.294 e. The van der Waals surface area contributed by atoms with E-state index in [2.05, 4.69) is 24.0 Å². The van der Waals surface area contributed by atoms with Gasteiger partial charge in [-0.25, -0.2) is 0 Å². The van der Waals surface area contributed by atoms with Crippen LogP contribution in [0, 0.1) is 0 Å². The Kier molecular flexibility index (Phi) is 4.85. The number of carbonyl (C=O) groups excluding carboxylic acids is 1. The van der Waals surface area contributed by atoms with E-state index in [9.17, 15) is 4.79 Å². The van der Waals surface area contributed by atoms with Crippen molar-refractivity contribution in [3.8, 4) is 0 Å². The molecular formula is C17H19NO. The third kappa shape index (κ3) is 4.02. The highest BCUT2D eigenvalue weighted by Gasteiger charge is 2.06. The van der Waals surface area contributed by atoms with E-state index in [-0.39, 0.29) is 5.78 Å². The van der Waals surface area contributed by atoms with Gasteiger partial charge in [0.25, 0.3) is 0 Å². The Morgan fingerprint density at radius 2 is 1.58 bits per heavy atom. The molecule has 1 heterocycles. The molecule has 2 rings (SSSR count). The van der Waals surface area contributed by atoms with Gasteiger partial charge in [0, 0.05) is 24.4 Å². The first-order valence-corrected chi connectivity index (χ1v) is 6.80. The van der Waals surface area contributed by atoms with Gasteiger partial charge in [-0.05, 0) is 36.1 Å². The number of hydrogen-bond acceptors (Lipinski definition) is 2. The molecule has 0 saturated heterocycles. The van der Waals surface area contributed by atoms with Crippen LogP contribution < -0.4 is 0 Å². The molecule has 1 aromatic carbocycles. The number of Topliss-reactive ketones (excluding diaryl/α,β-unsaturated/α-hetero) is 1. The van der Waals surface area contributed by atoms with E-state index in [1.807, 2.05) is 24.3 Å². The summed E-state index contributed by atoms with van der Waals surface area (Å²) in [5, 5.41) is 0. The zero-order valence-electron chi connectivity index (χ0n) is 11.3. The molecule has 98 valence electrons. The second-order valence-corrected chi connectivity index (χ2v) is 4.73. The van der Waals surface area contributed by atoms with Gasteiger partial charge in [-0.15, -0.1) is 0 Å². The Labute approximate surface area is 114 Å². The Morgan fingerprint density at radius 1 is 0.947 bits per heavy atom. The van der Waals surface area contributed by atoms with E-state index >= 15 is 0 Å². The third-order valence-corrected chi connectivity index (χ3v) is 3.20. The SMILES string of the molecule is CCCc1ccc(C(=O)CCc2ccncc2)cc1. The van der Waals surface area contributed by atoms with Gasteiger partial charge >= 0.3 is 0 Å². The number of aryl methyl sites for hydroxylation is 2. The summed E-state index contributed by atoms with van der Waals surface area (Å²) in [6.07, 6.45) is 7.06. The van der Waals surface area contributed by atoms with Crippen LogP contribution in [0.25, 0.3) is 0 Å². The Balaban J connectivity index is 1.92. The minimum absolute atomic E-state index is 0.208. The number of ketones is 1. The van der Waals surface area contributed by atoms with Crippen molar-refractivity contribution in [1.82, 2.24) is 4.98 Å². The molecule has 0 saturated carbocycles. The van der Waals surface area contributed by atoms with E-state index in [1.54, 1.807) is 12.4 Å². The number of hydrogen-bond donors (Lipinski definition) is 0. The van der Waals surface area contributed by atoms with E-state index in [0.717, 1.165) is 30.4 Å². The minimum Gasteiger partial charge on any atom is -0.294 e. The fourth-order valence-electron chi connectivity index (χ4n) is 2.10. The zero-order chi connectivity index (χ0) is 13.5. The molecule has 0 aliphatic heterocycles. The number of carbonyl (C=O) groups is 1. The van der Waals surface area contributed by atoms with Gasteiger partial charge in [0.15, 0.2) is 5.78 Å². The summed E-state index contributed by atoms with van der Waals surface area (Å²) in [7, 11) is 0. The molecule has 2 nitrogen and oxygen atoms in total. The van der Waals surface area contributed by atoms with Crippen molar-refractivity contribution in [3.05, 3.63) is 65.5 Å². The van der Waals surface area contributed by atoms with Crippen LogP contribution in [0.5, 0.6) is 0 Å². The van der Waals surface area contributed by atoms with Gasteiger partial charge in [0.1, 0.15) is 0 Å². The van der Waals surface area contributed by atoms with Crippen molar-refractivity contribution < 1.29 is 4.79 Å². The molecule has 0 unspecified atom stereocenters. The maximum Gasteiger partial charge on any atom is 0.163 e. The van der Waals surface area contributed by atoms with Crippen molar-refractivity contribution >= 4 is 5.78 Å². The Hall–Kier alpha value is -1.96. The second-order valence-electron chi connectivity index (χ2n) is 4.73. The number of rotatable bonds is 6. The van der Waals surface area contributed by atoms with Gasteiger partial charge in [-0.1, -0.05) is 37.6 Å². The van der Waals surface area contributed by atoms with Crippen LogP contribution >= 0.6 is 0 Å². The lowest BCUT2D eigenvalue weighted by atomic mass is 10.0. The number of nitrogens with zero attached hydrogens (tertiary/aromatic N) is 1. The molecule has 0 fully saturated rings. The standard InChI is InChI=1S/C17H19NO/c1-2-3-14-4-7-16(8-5-14)17(19)9-6-15-10-12-18-13-11-15/h4-5,7-8,10-13H,2-3,6,9H2,1H3. The average Bonchev–Trinajstić information content (AvgIpc) is 2.47. The molecule has 2 aromatic rings. The van der Waals surface area contributed by atoms with Crippen LogP contribution in [-0.2, 0) is 12.8 Å². The summed E-state index contributed by atoms with van der Waals surface area (Å²) in [5.41, 5.74) is 3.27. The lowest BCUT2D eigenvalue weighted by molar-refractivity contribution is 0.0983. The molecule has 0 amide bonds. The van der Waals surface area contributed by atoms with E-state index < -0.39 is 0 Å². The summed E-state index contributed by atoms with van der Waals surface area (Å²) >= 11 is 0. The average molecular weight is 253 g/mol. The van der Waals surface area contributed by atoms with Gasteiger partial charge in [-0.2, -0.15) is 0 Å². The smallest absolute Gasteiger partial charge is 0.163 e. The summed E-state index contributed by atoms with van der Waals surface area (Å²) in [6, 6.07) is 11.9. The van der Waals surface area contributed by atoms with Crippen molar-refractivity contribution in [2.24, 2.45) is 0 Å². The zero-order valence-corrected chi connectivity index (χ0v) is 11.3. The molecule has 0 spiro atoms. The van der Waals surface area contributed by atoms with Crippen molar-refractivity contribution in [2.45, 2.75) is 32.6 Å². The van der Waals surface area contributed by atoms with Crippen LogP contribution in [0.15, 0.2) is 48.8 Å². The summed E-state index contributed by atoms with van der Waals surface area (Å²) in [6.45, 7) is 2.16. The monoisotopic (exact) mass is 253 g/mol. The summed E-state index contributed by atoms with van der Waals surface area (Å²) in [4.78, 5) is 16.0. The summed E-state index contributed by atoms with van der Waals surface area (Å²) in [5.74, 6) is 0.208. The molecular weight excluding hydrogens is 234 g/mol. The fraction of sp³-hybridized carbons (Fsp3) is 0.294. The number of aromatic nitrogens is 1. The normalized spacial score (nSPS) is 10.4.